The number of rotatable bonds is 4. The highest BCUT2D eigenvalue weighted by atomic mass is 16.5. The van der Waals surface area contributed by atoms with Gasteiger partial charge in [0.05, 0.1) is 12.1 Å². The second-order valence-electron chi connectivity index (χ2n) is 3.98. The van der Waals surface area contributed by atoms with Crippen LogP contribution in [0.2, 0.25) is 0 Å². The predicted octanol–water partition coefficient (Wildman–Crippen LogP) is 1.91. The monoisotopic (exact) mass is 240 g/mol. The highest BCUT2D eigenvalue weighted by Gasteiger charge is 1.99. The fourth-order valence-electron chi connectivity index (χ4n) is 1.82. The third kappa shape index (κ3) is 2.36. The minimum absolute atomic E-state index is 0.599. The molecule has 3 aromatic rings. The molecule has 1 N–H and O–H groups in total. The lowest BCUT2D eigenvalue weighted by atomic mass is 10.1. The van der Waals surface area contributed by atoms with Crippen LogP contribution >= 0.6 is 0 Å². The molecule has 2 aromatic heterocycles. The van der Waals surface area contributed by atoms with Gasteiger partial charge >= 0.3 is 0 Å². The molecule has 0 saturated heterocycles. The SMILES string of the molecule is c1cnc2ccc(CNCc3ncon3)cc2c1. The van der Waals surface area contributed by atoms with E-state index in [1.54, 1.807) is 6.20 Å². The largest absolute Gasteiger partial charge is 0.343 e. The summed E-state index contributed by atoms with van der Waals surface area (Å²) in [5, 5.41) is 8.15. The summed E-state index contributed by atoms with van der Waals surface area (Å²) in [5.74, 6) is 0.664. The highest BCUT2D eigenvalue weighted by Crippen LogP contribution is 2.13. The van der Waals surface area contributed by atoms with E-state index in [4.69, 9.17) is 0 Å². The summed E-state index contributed by atoms with van der Waals surface area (Å²) >= 11 is 0. The van der Waals surface area contributed by atoms with Crippen molar-refractivity contribution >= 4 is 10.9 Å². The van der Waals surface area contributed by atoms with E-state index in [0.29, 0.717) is 12.4 Å². The van der Waals surface area contributed by atoms with Gasteiger partial charge in [-0.3, -0.25) is 4.98 Å². The van der Waals surface area contributed by atoms with Crippen molar-refractivity contribution in [3.63, 3.8) is 0 Å². The Kier molecular flexibility index (Phi) is 2.97. The number of nitrogens with zero attached hydrogens (tertiary/aromatic N) is 3. The van der Waals surface area contributed by atoms with Gasteiger partial charge in [0.25, 0.3) is 0 Å². The van der Waals surface area contributed by atoms with Crippen LogP contribution in [-0.2, 0) is 13.1 Å². The first-order valence-corrected chi connectivity index (χ1v) is 5.71. The van der Waals surface area contributed by atoms with E-state index < -0.39 is 0 Å². The molecule has 5 nitrogen and oxygen atoms in total. The maximum absolute atomic E-state index is 4.67. The van der Waals surface area contributed by atoms with Gasteiger partial charge in [-0.15, -0.1) is 0 Å². The van der Waals surface area contributed by atoms with Crippen LogP contribution in [0, 0.1) is 0 Å². The van der Waals surface area contributed by atoms with Crippen LogP contribution in [0.1, 0.15) is 11.4 Å². The fraction of sp³-hybridized carbons (Fsp3) is 0.154. The zero-order valence-corrected chi connectivity index (χ0v) is 9.71. The zero-order chi connectivity index (χ0) is 12.2. The average Bonchev–Trinajstić information content (AvgIpc) is 2.92. The summed E-state index contributed by atoms with van der Waals surface area (Å²) in [6.45, 7) is 1.36. The lowest BCUT2D eigenvalue weighted by Crippen LogP contribution is -2.13. The Morgan fingerprint density at radius 2 is 2.11 bits per heavy atom. The van der Waals surface area contributed by atoms with Crippen molar-refractivity contribution in [1.82, 2.24) is 20.4 Å². The lowest BCUT2D eigenvalue weighted by molar-refractivity contribution is 0.407. The number of aromatic nitrogens is 3. The van der Waals surface area contributed by atoms with Gasteiger partial charge in [-0.05, 0) is 23.8 Å². The van der Waals surface area contributed by atoms with E-state index in [0.717, 1.165) is 17.4 Å². The summed E-state index contributed by atoms with van der Waals surface area (Å²) in [6, 6.07) is 10.2. The Labute approximate surface area is 104 Å². The molecule has 0 amide bonds. The van der Waals surface area contributed by atoms with Gasteiger partial charge in [-0.2, -0.15) is 4.98 Å². The third-order valence-electron chi connectivity index (χ3n) is 2.69. The van der Waals surface area contributed by atoms with Crippen LogP contribution in [-0.4, -0.2) is 15.1 Å². The number of pyridine rings is 1. The van der Waals surface area contributed by atoms with Crippen molar-refractivity contribution in [2.24, 2.45) is 0 Å². The average molecular weight is 240 g/mol. The molecule has 0 aliphatic heterocycles. The van der Waals surface area contributed by atoms with Crippen LogP contribution in [0.4, 0.5) is 0 Å². The molecule has 90 valence electrons. The fourth-order valence-corrected chi connectivity index (χ4v) is 1.82. The molecule has 0 unspecified atom stereocenters. The molecule has 0 radical (unpaired) electrons. The molecule has 0 fully saturated rings. The first kappa shape index (κ1) is 10.9. The van der Waals surface area contributed by atoms with Crippen LogP contribution in [0.5, 0.6) is 0 Å². The molecule has 18 heavy (non-hydrogen) atoms. The van der Waals surface area contributed by atoms with E-state index in [1.807, 2.05) is 12.1 Å². The number of nitrogens with one attached hydrogen (secondary N) is 1. The minimum Gasteiger partial charge on any atom is -0.343 e. The van der Waals surface area contributed by atoms with Crippen molar-refractivity contribution in [1.29, 1.82) is 0 Å². The molecule has 0 atom stereocenters. The Balaban J connectivity index is 1.67. The van der Waals surface area contributed by atoms with Gasteiger partial charge in [-0.1, -0.05) is 17.3 Å². The normalized spacial score (nSPS) is 10.9. The smallest absolute Gasteiger partial charge is 0.213 e. The maximum Gasteiger partial charge on any atom is 0.213 e. The van der Waals surface area contributed by atoms with Crippen LogP contribution in [0.25, 0.3) is 10.9 Å². The molecule has 0 spiro atoms. The minimum atomic E-state index is 0.599. The number of hydrogen-bond donors (Lipinski definition) is 1. The van der Waals surface area contributed by atoms with E-state index in [-0.39, 0.29) is 0 Å². The van der Waals surface area contributed by atoms with Crippen molar-refractivity contribution in [2.75, 3.05) is 0 Å². The molecular weight excluding hydrogens is 228 g/mol. The van der Waals surface area contributed by atoms with E-state index in [1.165, 1.54) is 12.0 Å². The number of fused-ring (bicyclic) bond motifs is 1. The molecule has 0 aliphatic rings. The third-order valence-corrected chi connectivity index (χ3v) is 2.69. The van der Waals surface area contributed by atoms with Crippen LogP contribution < -0.4 is 5.32 Å². The van der Waals surface area contributed by atoms with E-state index in [2.05, 4.69) is 43.2 Å². The van der Waals surface area contributed by atoms with Crippen molar-refractivity contribution in [3.8, 4) is 0 Å². The standard InChI is InChI=1S/C13H12N4O/c1-2-11-6-10(3-4-12(11)15-5-1)7-14-8-13-16-9-18-17-13/h1-6,9,14H,7-8H2. The van der Waals surface area contributed by atoms with Gasteiger partial charge in [0.2, 0.25) is 6.39 Å². The maximum atomic E-state index is 4.67. The number of benzene rings is 1. The zero-order valence-electron chi connectivity index (χ0n) is 9.71. The first-order valence-electron chi connectivity index (χ1n) is 5.71. The topological polar surface area (TPSA) is 63.8 Å². The quantitative estimate of drug-likeness (QED) is 0.754. The second kappa shape index (κ2) is 4.93. The van der Waals surface area contributed by atoms with Gasteiger partial charge in [-0.25, -0.2) is 0 Å². The van der Waals surface area contributed by atoms with E-state index >= 15 is 0 Å². The Hall–Kier alpha value is -2.27. The molecule has 0 bridgehead atoms. The van der Waals surface area contributed by atoms with Gasteiger partial charge in [0.15, 0.2) is 5.82 Å². The summed E-state index contributed by atoms with van der Waals surface area (Å²) < 4.78 is 4.67. The van der Waals surface area contributed by atoms with Crippen molar-refractivity contribution in [2.45, 2.75) is 13.1 Å². The van der Waals surface area contributed by atoms with Crippen LogP contribution in [0.3, 0.4) is 0 Å². The molecule has 3 rings (SSSR count). The Morgan fingerprint density at radius 1 is 1.11 bits per heavy atom. The van der Waals surface area contributed by atoms with Crippen LogP contribution in [0.15, 0.2) is 47.4 Å². The Bertz CT molecular complexity index is 636. The Morgan fingerprint density at radius 3 is 3.00 bits per heavy atom. The first-order chi connectivity index (χ1) is 8.92. The number of hydrogen-bond acceptors (Lipinski definition) is 5. The van der Waals surface area contributed by atoms with Gasteiger partial charge in [0, 0.05) is 18.1 Å². The second-order valence-corrected chi connectivity index (χ2v) is 3.98. The summed E-state index contributed by atoms with van der Waals surface area (Å²) in [5.41, 5.74) is 2.22. The molecule has 0 saturated carbocycles. The predicted molar refractivity (Wildman–Crippen MR) is 66.6 cm³/mol. The summed E-state index contributed by atoms with van der Waals surface area (Å²) in [6.07, 6.45) is 3.13. The molecule has 0 aliphatic carbocycles. The lowest BCUT2D eigenvalue weighted by Gasteiger charge is -2.04. The van der Waals surface area contributed by atoms with Crippen molar-refractivity contribution in [3.05, 3.63) is 54.3 Å². The highest BCUT2D eigenvalue weighted by molar-refractivity contribution is 5.78. The summed E-state index contributed by atoms with van der Waals surface area (Å²) in [7, 11) is 0. The van der Waals surface area contributed by atoms with E-state index in [9.17, 15) is 0 Å². The summed E-state index contributed by atoms with van der Waals surface area (Å²) in [4.78, 5) is 8.24. The molecular formula is C13H12N4O. The molecule has 1 aromatic carbocycles. The molecule has 2 heterocycles. The van der Waals surface area contributed by atoms with Gasteiger partial charge in [0.1, 0.15) is 0 Å². The molecule has 5 heteroatoms. The van der Waals surface area contributed by atoms with Crippen molar-refractivity contribution < 1.29 is 4.52 Å². The van der Waals surface area contributed by atoms with Gasteiger partial charge < -0.3 is 9.84 Å².